The Bertz CT molecular complexity index is 308. The van der Waals surface area contributed by atoms with Crippen LogP contribution in [0.1, 0.15) is 84.1 Å². The van der Waals surface area contributed by atoms with Crippen molar-refractivity contribution in [1.29, 1.82) is 0 Å². The zero-order chi connectivity index (χ0) is 14.0. The lowest BCUT2D eigenvalue weighted by Crippen LogP contribution is -2.24. The Hall–Kier alpha value is -0.780. The van der Waals surface area contributed by atoms with Gasteiger partial charge in [0.2, 0.25) is 0 Å². The summed E-state index contributed by atoms with van der Waals surface area (Å²) in [6.07, 6.45) is 12.1. The summed E-state index contributed by atoms with van der Waals surface area (Å²) < 4.78 is 0. The molecule has 0 aliphatic heterocycles. The molecule has 0 saturated heterocycles. The van der Waals surface area contributed by atoms with E-state index in [0.717, 1.165) is 0 Å². The number of unbranched alkanes of at least 4 members (excludes halogenated alkanes) is 5. The molecule has 0 aliphatic carbocycles. The maximum absolute atomic E-state index is 3.47. The van der Waals surface area contributed by atoms with E-state index in [9.17, 15) is 0 Å². The molecule has 0 spiro atoms. The summed E-state index contributed by atoms with van der Waals surface area (Å²) in [5.74, 6) is 0. The summed E-state index contributed by atoms with van der Waals surface area (Å²) in [4.78, 5) is 0. The average Bonchev–Trinajstić information content (AvgIpc) is 2.48. The molecule has 0 N–H and O–H groups in total. The largest absolute Gasteiger partial charge is 0.0654 e. The molecule has 1 aromatic carbocycles. The van der Waals surface area contributed by atoms with Crippen LogP contribution >= 0.6 is 0 Å². The zero-order valence-corrected chi connectivity index (χ0v) is 13.2. The van der Waals surface area contributed by atoms with Gasteiger partial charge < -0.3 is 0 Å². The third-order valence-corrected chi connectivity index (χ3v) is 4.64. The molecular formula is C19H31. The van der Waals surface area contributed by atoms with E-state index in [0.29, 0.717) is 5.41 Å². The summed E-state index contributed by atoms with van der Waals surface area (Å²) in [5.41, 5.74) is 1.79. The van der Waals surface area contributed by atoms with Gasteiger partial charge in [0.15, 0.2) is 0 Å². The van der Waals surface area contributed by atoms with Crippen LogP contribution < -0.4 is 0 Å². The highest BCUT2D eigenvalue weighted by Crippen LogP contribution is 2.36. The third-order valence-electron chi connectivity index (χ3n) is 4.64. The SMILES string of the molecule is CCCCCCCCC(CC)(CC)c1[c]cccc1. The Labute approximate surface area is 120 Å². The molecule has 0 bridgehead atoms. The first-order valence-electron chi connectivity index (χ1n) is 8.26. The van der Waals surface area contributed by atoms with E-state index >= 15 is 0 Å². The second-order valence-corrected chi connectivity index (χ2v) is 5.78. The summed E-state index contributed by atoms with van der Waals surface area (Å²) in [6, 6.07) is 12.0. The maximum atomic E-state index is 3.47. The summed E-state index contributed by atoms with van der Waals surface area (Å²) in [5, 5.41) is 0. The molecule has 1 rings (SSSR count). The molecule has 0 nitrogen and oxygen atoms in total. The van der Waals surface area contributed by atoms with Crippen LogP contribution in [0.5, 0.6) is 0 Å². The molecule has 0 aromatic heterocycles. The van der Waals surface area contributed by atoms with Gasteiger partial charge in [0.1, 0.15) is 0 Å². The minimum absolute atomic E-state index is 0.367. The van der Waals surface area contributed by atoms with Gasteiger partial charge in [0.25, 0.3) is 0 Å². The van der Waals surface area contributed by atoms with Crippen molar-refractivity contribution in [1.82, 2.24) is 0 Å². The van der Waals surface area contributed by atoms with Gasteiger partial charge in [-0.25, -0.2) is 0 Å². The normalized spacial score (nSPS) is 11.7. The zero-order valence-electron chi connectivity index (χ0n) is 13.2. The molecule has 107 valence electrons. The average molecular weight is 259 g/mol. The minimum Gasteiger partial charge on any atom is -0.0654 e. The van der Waals surface area contributed by atoms with Gasteiger partial charge >= 0.3 is 0 Å². The van der Waals surface area contributed by atoms with Crippen LogP contribution in [0.2, 0.25) is 0 Å². The number of hydrogen-bond acceptors (Lipinski definition) is 0. The molecule has 0 heterocycles. The molecule has 1 radical (unpaired) electrons. The van der Waals surface area contributed by atoms with Gasteiger partial charge in [-0.2, -0.15) is 0 Å². The smallest absolute Gasteiger partial charge is 0.00461 e. The van der Waals surface area contributed by atoms with Crippen LogP contribution in [0.25, 0.3) is 0 Å². The fourth-order valence-electron chi connectivity index (χ4n) is 3.09. The van der Waals surface area contributed by atoms with Crippen molar-refractivity contribution in [2.24, 2.45) is 0 Å². The maximum Gasteiger partial charge on any atom is -0.00461 e. The van der Waals surface area contributed by atoms with Crippen molar-refractivity contribution < 1.29 is 0 Å². The molecule has 0 unspecified atom stereocenters. The lowest BCUT2D eigenvalue weighted by Gasteiger charge is -2.32. The van der Waals surface area contributed by atoms with E-state index in [1.165, 1.54) is 63.4 Å². The lowest BCUT2D eigenvalue weighted by molar-refractivity contribution is 0.347. The van der Waals surface area contributed by atoms with Crippen LogP contribution in [0.4, 0.5) is 0 Å². The van der Waals surface area contributed by atoms with Gasteiger partial charge in [-0.05, 0) is 36.3 Å². The first-order valence-corrected chi connectivity index (χ1v) is 8.26. The predicted molar refractivity (Wildman–Crippen MR) is 85.5 cm³/mol. The van der Waals surface area contributed by atoms with Crippen molar-refractivity contribution in [3.05, 3.63) is 35.9 Å². The predicted octanol–water partition coefficient (Wildman–Crippen LogP) is 6.30. The second-order valence-electron chi connectivity index (χ2n) is 5.78. The Kier molecular flexibility index (Phi) is 7.86. The minimum atomic E-state index is 0.367. The Morgan fingerprint density at radius 3 is 2.16 bits per heavy atom. The third kappa shape index (κ3) is 5.01. The van der Waals surface area contributed by atoms with Crippen molar-refractivity contribution >= 4 is 0 Å². The molecule has 0 atom stereocenters. The van der Waals surface area contributed by atoms with Crippen LogP contribution in [0, 0.1) is 6.07 Å². The van der Waals surface area contributed by atoms with Crippen molar-refractivity contribution in [3.8, 4) is 0 Å². The van der Waals surface area contributed by atoms with Gasteiger partial charge in [-0.1, -0.05) is 83.6 Å². The van der Waals surface area contributed by atoms with Crippen molar-refractivity contribution in [2.75, 3.05) is 0 Å². The first-order chi connectivity index (χ1) is 9.29. The van der Waals surface area contributed by atoms with Gasteiger partial charge in [-0.15, -0.1) is 0 Å². The standard InChI is InChI=1S/C19H31/c1-4-7-8-9-10-14-17-19(5-2,6-3)18-15-12-11-13-16-18/h11-13,15H,4-10,14,17H2,1-3H3. The molecular weight excluding hydrogens is 228 g/mol. The molecule has 0 amide bonds. The molecule has 19 heavy (non-hydrogen) atoms. The Balaban J connectivity index is 2.48. The highest BCUT2D eigenvalue weighted by molar-refractivity contribution is 5.23. The quantitative estimate of drug-likeness (QED) is 0.433. The van der Waals surface area contributed by atoms with Crippen LogP contribution in [-0.2, 0) is 5.41 Å². The van der Waals surface area contributed by atoms with Gasteiger partial charge in [0.05, 0.1) is 0 Å². The molecule has 0 saturated carbocycles. The van der Waals surface area contributed by atoms with Crippen molar-refractivity contribution in [2.45, 2.75) is 84.0 Å². The number of rotatable bonds is 10. The molecule has 1 aromatic rings. The Morgan fingerprint density at radius 2 is 1.58 bits per heavy atom. The van der Waals surface area contributed by atoms with Crippen LogP contribution in [0.15, 0.2) is 24.3 Å². The fourth-order valence-corrected chi connectivity index (χ4v) is 3.09. The fraction of sp³-hybridized carbons (Fsp3) is 0.684. The van der Waals surface area contributed by atoms with Gasteiger partial charge in [0, 0.05) is 0 Å². The van der Waals surface area contributed by atoms with Crippen LogP contribution in [-0.4, -0.2) is 0 Å². The van der Waals surface area contributed by atoms with E-state index < -0.39 is 0 Å². The van der Waals surface area contributed by atoms with E-state index in [-0.39, 0.29) is 0 Å². The Morgan fingerprint density at radius 1 is 0.895 bits per heavy atom. The molecule has 0 aliphatic rings. The van der Waals surface area contributed by atoms with Crippen LogP contribution in [0.3, 0.4) is 0 Å². The van der Waals surface area contributed by atoms with E-state index in [1.807, 2.05) is 0 Å². The molecule has 0 fully saturated rings. The van der Waals surface area contributed by atoms with E-state index in [1.54, 1.807) is 0 Å². The summed E-state index contributed by atoms with van der Waals surface area (Å²) >= 11 is 0. The lowest BCUT2D eigenvalue weighted by atomic mass is 9.72. The summed E-state index contributed by atoms with van der Waals surface area (Å²) in [7, 11) is 0. The highest BCUT2D eigenvalue weighted by atomic mass is 14.3. The van der Waals surface area contributed by atoms with Gasteiger partial charge in [-0.3, -0.25) is 0 Å². The second kappa shape index (κ2) is 9.18. The highest BCUT2D eigenvalue weighted by Gasteiger charge is 2.27. The molecule has 0 heteroatoms. The topological polar surface area (TPSA) is 0 Å². The van der Waals surface area contributed by atoms with E-state index in [2.05, 4.69) is 51.1 Å². The monoisotopic (exact) mass is 259 g/mol. The number of benzene rings is 1. The van der Waals surface area contributed by atoms with Crippen molar-refractivity contribution in [3.63, 3.8) is 0 Å². The number of hydrogen-bond donors (Lipinski definition) is 0. The van der Waals surface area contributed by atoms with E-state index in [4.69, 9.17) is 0 Å². The summed E-state index contributed by atoms with van der Waals surface area (Å²) in [6.45, 7) is 6.95. The first kappa shape index (κ1) is 16.3.